The minimum Gasteiger partial charge on any atom is -0.508 e. The maximum atomic E-state index is 11.4. The van der Waals surface area contributed by atoms with E-state index >= 15 is 0 Å². The van der Waals surface area contributed by atoms with E-state index in [1.54, 1.807) is 0 Å². The molecular weight excluding hydrogens is 284 g/mol. The van der Waals surface area contributed by atoms with Crippen LogP contribution in [0.3, 0.4) is 0 Å². The lowest BCUT2D eigenvalue weighted by Crippen LogP contribution is -2.52. The minimum absolute atomic E-state index is 0.120. The van der Waals surface area contributed by atoms with Gasteiger partial charge in [-0.1, -0.05) is 19.9 Å². The van der Waals surface area contributed by atoms with E-state index in [0.29, 0.717) is 23.0 Å². The third kappa shape index (κ3) is 1.42. The molecule has 2 bridgehead atoms. The number of fused-ring (bicyclic) bond motifs is 3. The molecule has 2 heteroatoms. The number of phenols is 1. The van der Waals surface area contributed by atoms with Crippen molar-refractivity contribution in [3.8, 4) is 5.75 Å². The lowest BCUT2D eigenvalue weighted by Gasteiger charge is -2.56. The number of rotatable bonds is 0. The van der Waals surface area contributed by atoms with Crippen LogP contribution in [0.2, 0.25) is 0 Å². The summed E-state index contributed by atoms with van der Waals surface area (Å²) in [6.45, 7) is 4.69. The summed E-state index contributed by atoms with van der Waals surface area (Å²) in [6.07, 6.45) is 8.14. The number of hydrogen-bond donors (Lipinski definition) is 2. The highest BCUT2D eigenvalue weighted by molar-refractivity contribution is 5.41. The van der Waals surface area contributed by atoms with Crippen LogP contribution in [0.4, 0.5) is 0 Å². The van der Waals surface area contributed by atoms with Gasteiger partial charge < -0.3 is 10.2 Å². The van der Waals surface area contributed by atoms with E-state index in [1.807, 2.05) is 12.1 Å². The van der Waals surface area contributed by atoms with Crippen LogP contribution in [0, 0.1) is 22.7 Å². The first-order valence-electron chi connectivity index (χ1n) is 9.45. The van der Waals surface area contributed by atoms with Crippen molar-refractivity contribution in [1.29, 1.82) is 0 Å². The van der Waals surface area contributed by atoms with Gasteiger partial charge in [0.15, 0.2) is 0 Å². The largest absolute Gasteiger partial charge is 0.508 e. The summed E-state index contributed by atoms with van der Waals surface area (Å²) in [5.41, 5.74) is 2.90. The number of phenolic OH excluding ortho intramolecular Hbond substituents is 1. The van der Waals surface area contributed by atoms with Crippen LogP contribution >= 0.6 is 0 Å². The van der Waals surface area contributed by atoms with E-state index in [1.165, 1.54) is 36.8 Å². The fourth-order valence-electron chi connectivity index (χ4n) is 7.80. The third-order valence-electron chi connectivity index (χ3n) is 8.89. The number of benzene rings is 1. The summed E-state index contributed by atoms with van der Waals surface area (Å²) >= 11 is 0. The zero-order chi connectivity index (χ0) is 16.0. The highest BCUT2D eigenvalue weighted by Crippen LogP contribution is 2.78. The van der Waals surface area contributed by atoms with Crippen molar-refractivity contribution in [3.05, 3.63) is 29.3 Å². The lowest BCUT2D eigenvalue weighted by atomic mass is 9.48. The average molecular weight is 312 g/mol. The van der Waals surface area contributed by atoms with Crippen molar-refractivity contribution >= 4 is 0 Å². The van der Waals surface area contributed by atoms with Gasteiger partial charge in [-0.05, 0) is 91.4 Å². The molecule has 0 aliphatic heterocycles. The highest BCUT2D eigenvalue weighted by Gasteiger charge is 2.75. The molecule has 0 spiro atoms. The zero-order valence-corrected chi connectivity index (χ0v) is 14.3. The highest BCUT2D eigenvalue weighted by atomic mass is 16.3. The van der Waals surface area contributed by atoms with E-state index < -0.39 is 5.60 Å². The topological polar surface area (TPSA) is 40.5 Å². The Morgan fingerprint density at radius 1 is 1.13 bits per heavy atom. The van der Waals surface area contributed by atoms with E-state index in [0.717, 1.165) is 25.2 Å². The van der Waals surface area contributed by atoms with Gasteiger partial charge in [0, 0.05) is 5.41 Å². The maximum absolute atomic E-state index is 11.4. The Kier molecular flexibility index (Phi) is 2.58. The van der Waals surface area contributed by atoms with Crippen molar-refractivity contribution in [2.45, 2.75) is 70.3 Å². The van der Waals surface area contributed by atoms with Gasteiger partial charge in [0.25, 0.3) is 0 Å². The first-order valence-corrected chi connectivity index (χ1v) is 9.45. The van der Waals surface area contributed by atoms with Crippen LogP contribution in [-0.4, -0.2) is 15.8 Å². The van der Waals surface area contributed by atoms with Crippen LogP contribution in [0.1, 0.15) is 69.4 Å². The molecule has 6 atom stereocenters. The van der Waals surface area contributed by atoms with Gasteiger partial charge >= 0.3 is 0 Å². The summed E-state index contributed by atoms with van der Waals surface area (Å²) in [6, 6.07) is 6.04. The van der Waals surface area contributed by atoms with E-state index in [4.69, 9.17) is 0 Å². The number of aryl methyl sites for hydroxylation is 1. The van der Waals surface area contributed by atoms with Gasteiger partial charge in [-0.25, -0.2) is 0 Å². The standard InChI is InChI=1S/C21H28O2/c1-13-12-20-9-10-21(13,23)19(20,2)8-7-17-16-5-4-15(22)11-14(16)3-6-18(17)20/h4-5,11,13,17-18,22-23H,3,6-10,12H2,1-2H3/t13-,17-,18-,19+,20+,21-/m1/s1. The van der Waals surface area contributed by atoms with Gasteiger partial charge in [0.1, 0.15) is 5.75 Å². The molecule has 23 heavy (non-hydrogen) atoms. The Labute approximate surface area is 138 Å². The Bertz CT molecular complexity index is 682. The molecule has 0 aromatic heterocycles. The van der Waals surface area contributed by atoms with Crippen LogP contribution in [0.25, 0.3) is 0 Å². The second-order valence-electron chi connectivity index (χ2n) is 9.19. The van der Waals surface area contributed by atoms with Crippen molar-refractivity contribution in [1.82, 2.24) is 0 Å². The van der Waals surface area contributed by atoms with Gasteiger partial charge in [0.2, 0.25) is 0 Å². The van der Waals surface area contributed by atoms with E-state index in [2.05, 4.69) is 19.9 Å². The van der Waals surface area contributed by atoms with Crippen molar-refractivity contribution in [3.63, 3.8) is 0 Å². The predicted molar refractivity (Wildman–Crippen MR) is 90.4 cm³/mol. The molecule has 5 rings (SSSR count). The molecule has 3 saturated carbocycles. The van der Waals surface area contributed by atoms with Crippen LogP contribution in [0.5, 0.6) is 5.75 Å². The van der Waals surface area contributed by atoms with Gasteiger partial charge in [0.05, 0.1) is 5.60 Å². The smallest absolute Gasteiger partial charge is 0.115 e. The Morgan fingerprint density at radius 2 is 1.96 bits per heavy atom. The number of hydrogen-bond acceptors (Lipinski definition) is 2. The predicted octanol–water partition coefficient (Wildman–Crippen LogP) is 4.39. The molecule has 1 aromatic rings. The minimum atomic E-state index is -0.423. The zero-order valence-electron chi connectivity index (χ0n) is 14.3. The van der Waals surface area contributed by atoms with Crippen molar-refractivity contribution < 1.29 is 10.2 Å². The summed E-state index contributed by atoms with van der Waals surface area (Å²) in [4.78, 5) is 0. The summed E-state index contributed by atoms with van der Waals surface area (Å²) in [5, 5.41) is 21.3. The van der Waals surface area contributed by atoms with Gasteiger partial charge in [-0.3, -0.25) is 0 Å². The monoisotopic (exact) mass is 312 g/mol. The Morgan fingerprint density at radius 3 is 2.74 bits per heavy atom. The Balaban J connectivity index is 1.63. The normalized spacial score (nSPS) is 50.3. The van der Waals surface area contributed by atoms with Gasteiger partial charge in [-0.15, -0.1) is 0 Å². The lowest BCUT2D eigenvalue weighted by molar-refractivity contribution is -0.110. The van der Waals surface area contributed by atoms with Crippen molar-refractivity contribution in [2.75, 3.05) is 0 Å². The molecular formula is C21H28O2. The molecule has 0 radical (unpaired) electrons. The molecule has 0 amide bonds. The molecule has 2 nitrogen and oxygen atoms in total. The summed E-state index contributed by atoms with van der Waals surface area (Å²) < 4.78 is 0. The molecule has 4 aliphatic carbocycles. The molecule has 3 fully saturated rings. The van der Waals surface area contributed by atoms with E-state index in [-0.39, 0.29) is 5.41 Å². The van der Waals surface area contributed by atoms with Crippen molar-refractivity contribution in [2.24, 2.45) is 22.7 Å². The van der Waals surface area contributed by atoms with Gasteiger partial charge in [-0.2, -0.15) is 0 Å². The second-order valence-corrected chi connectivity index (χ2v) is 9.19. The van der Waals surface area contributed by atoms with E-state index in [9.17, 15) is 10.2 Å². The summed E-state index contributed by atoms with van der Waals surface area (Å²) in [5.74, 6) is 2.21. The summed E-state index contributed by atoms with van der Waals surface area (Å²) in [7, 11) is 0. The first-order chi connectivity index (χ1) is 10.9. The number of aromatic hydroxyl groups is 1. The fraction of sp³-hybridized carbons (Fsp3) is 0.714. The van der Waals surface area contributed by atoms with Crippen LogP contribution in [-0.2, 0) is 6.42 Å². The molecule has 4 aliphatic rings. The first kappa shape index (κ1) is 14.3. The van der Waals surface area contributed by atoms with Crippen LogP contribution in [0.15, 0.2) is 18.2 Å². The Hall–Kier alpha value is -1.02. The molecule has 1 aromatic carbocycles. The van der Waals surface area contributed by atoms with Crippen LogP contribution < -0.4 is 0 Å². The maximum Gasteiger partial charge on any atom is 0.115 e. The third-order valence-corrected chi connectivity index (χ3v) is 8.89. The molecule has 0 unspecified atom stereocenters. The quantitative estimate of drug-likeness (QED) is 0.746. The molecule has 2 N–H and O–H groups in total. The fourth-order valence-corrected chi connectivity index (χ4v) is 7.80. The SMILES string of the molecule is C[C@@H]1C[C@]23CC[C@]1(O)[C@@]2(C)CC[C@@H]1c2ccc(O)cc2CC[C@H]13. The molecule has 0 saturated heterocycles. The molecule has 0 heterocycles. The molecule has 124 valence electrons. The second kappa shape index (κ2) is 4.14. The number of aliphatic hydroxyl groups is 1. The average Bonchev–Trinajstić information content (AvgIpc) is 2.86.